The number of nitrogens with two attached hydrogens (primary N) is 1. The minimum Gasteiger partial charge on any atom is -0.466 e. The zero-order chi connectivity index (χ0) is 20.9. The molecule has 2 aromatic heterocycles. The number of fused-ring (bicyclic) bond motifs is 1. The molecule has 0 aliphatic carbocycles. The number of Topliss-reactive ketones (excluding diaryl/α,β-unsaturated/α-hetero) is 1. The Morgan fingerprint density at radius 2 is 1.71 bits per heavy atom. The summed E-state index contributed by atoms with van der Waals surface area (Å²) in [4.78, 5) is 34.6. The normalized spacial score (nSPS) is 11.9. The fourth-order valence-corrected chi connectivity index (χ4v) is 3.33. The first-order valence-corrected chi connectivity index (χ1v) is 9.84. The average molecular weight is 390 g/mol. The number of rotatable bonds is 11. The number of ether oxygens (including phenoxy) is 1. The first-order chi connectivity index (χ1) is 13.3. The van der Waals surface area contributed by atoms with Gasteiger partial charge >= 0.3 is 6.01 Å². The van der Waals surface area contributed by atoms with Crippen molar-refractivity contribution in [2.24, 2.45) is 11.7 Å². The van der Waals surface area contributed by atoms with Crippen LogP contribution in [-0.4, -0.2) is 43.5 Å². The Kier molecular flexibility index (Phi) is 7.04. The number of ketones is 1. The number of methoxy groups -OCH3 is 1. The second-order valence-corrected chi connectivity index (χ2v) is 7.34. The number of aromatic nitrogens is 5. The van der Waals surface area contributed by atoms with E-state index in [-0.39, 0.29) is 29.2 Å². The number of carbonyl (C=O) groups is 2. The Labute approximate surface area is 165 Å². The molecule has 0 unspecified atom stereocenters. The molecule has 0 aliphatic heterocycles. The molecule has 0 radical (unpaired) electrons. The van der Waals surface area contributed by atoms with Crippen LogP contribution < -0.4 is 10.5 Å². The highest BCUT2D eigenvalue weighted by Gasteiger charge is 2.42. The molecule has 0 aliphatic rings. The van der Waals surface area contributed by atoms with Crippen molar-refractivity contribution in [1.82, 2.24) is 24.7 Å². The molecule has 0 aromatic carbocycles. The van der Waals surface area contributed by atoms with Gasteiger partial charge in [-0.3, -0.25) is 14.2 Å². The van der Waals surface area contributed by atoms with Crippen molar-refractivity contribution in [2.75, 3.05) is 7.11 Å². The van der Waals surface area contributed by atoms with Crippen LogP contribution in [0, 0.1) is 5.92 Å². The topological polar surface area (TPSA) is 126 Å². The Bertz CT molecular complexity index is 838. The van der Waals surface area contributed by atoms with Gasteiger partial charge in [0.15, 0.2) is 11.5 Å². The summed E-state index contributed by atoms with van der Waals surface area (Å²) in [6.45, 7) is 7.67. The monoisotopic (exact) mass is 390 g/mol. The van der Waals surface area contributed by atoms with Crippen molar-refractivity contribution < 1.29 is 14.3 Å². The zero-order valence-electron chi connectivity index (χ0n) is 17.4. The van der Waals surface area contributed by atoms with Crippen LogP contribution >= 0.6 is 0 Å². The Hall–Kier alpha value is -2.58. The molecule has 0 saturated carbocycles. The fourth-order valence-electron chi connectivity index (χ4n) is 3.33. The van der Waals surface area contributed by atoms with Gasteiger partial charge in [-0.05, 0) is 12.8 Å². The van der Waals surface area contributed by atoms with Crippen molar-refractivity contribution in [2.45, 2.75) is 71.8 Å². The van der Waals surface area contributed by atoms with Crippen LogP contribution in [0.4, 0.5) is 0 Å². The third-order valence-corrected chi connectivity index (χ3v) is 4.97. The molecule has 2 N–H and O–H groups in total. The molecule has 28 heavy (non-hydrogen) atoms. The lowest BCUT2D eigenvalue weighted by atomic mass is 9.85. The highest BCUT2D eigenvalue weighted by atomic mass is 16.5. The van der Waals surface area contributed by atoms with Crippen LogP contribution in [0.2, 0.25) is 0 Å². The molecule has 2 aromatic rings. The molecule has 2 rings (SSSR count). The summed E-state index contributed by atoms with van der Waals surface area (Å²) in [5, 5.41) is 7.88. The molecule has 0 atom stereocenters. The van der Waals surface area contributed by atoms with Gasteiger partial charge in [0.1, 0.15) is 5.54 Å². The van der Waals surface area contributed by atoms with E-state index in [4.69, 9.17) is 10.5 Å². The summed E-state index contributed by atoms with van der Waals surface area (Å²) in [7, 11) is 1.43. The molecular weight excluding hydrogens is 360 g/mol. The molecule has 9 nitrogen and oxygen atoms in total. The number of carbonyl (C=O) groups excluding carboxylic acids is 2. The highest BCUT2D eigenvalue weighted by molar-refractivity contribution is 5.98. The van der Waals surface area contributed by atoms with Gasteiger partial charge in [-0.15, -0.1) is 5.10 Å². The third-order valence-electron chi connectivity index (χ3n) is 4.97. The van der Waals surface area contributed by atoms with E-state index >= 15 is 0 Å². The van der Waals surface area contributed by atoms with Gasteiger partial charge in [-0.25, -0.2) is 4.98 Å². The molecule has 154 valence electrons. The lowest BCUT2D eigenvalue weighted by Gasteiger charge is -2.34. The van der Waals surface area contributed by atoms with Crippen LogP contribution in [0.15, 0.2) is 0 Å². The lowest BCUT2D eigenvalue weighted by Crippen LogP contribution is -2.48. The number of hydrogen-bond donors (Lipinski definition) is 1. The average Bonchev–Trinajstić information content (AvgIpc) is 3.06. The van der Waals surface area contributed by atoms with Gasteiger partial charge in [0.05, 0.1) is 7.11 Å². The van der Waals surface area contributed by atoms with Crippen molar-refractivity contribution in [1.29, 1.82) is 0 Å². The van der Waals surface area contributed by atoms with Gasteiger partial charge < -0.3 is 10.5 Å². The molecular formula is C19H30N6O3. The maximum atomic E-state index is 13.0. The van der Waals surface area contributed by atoms with E-state index in [1.165, 1.54) is 7.11 Å². The summed E-state index contributed by atoms with van der Waals surface area (Å²) >= 11 is 0. The van der Waals surface area contributed by atoms with E-state index in [1.54, 1.807) is 18.4 Å². The number of nitrogens with zero attached hydrogens (tertiary/aromatic N) is 5. The summed E-state index contributed by atoms with van der Waals surface area (Å²) in [6, 6.07) is 0.0431. The summed E-state index contributed by atoms with van der Waals surface area (Å²) < 4.78 is 6.71. The number of unbranched alkanes of at least 4 members (excludes halogenated alkanes) is 2. The maximum absolute atomic E-state index is 13.0. The van der Waals surface area contributed by atoms with Crippen molar-refractivity contribution in [3.8, 4) is 6.01 Å². The largest absolute Gasteiger partial charge is 0.466 e. The smallest absolute Gasteiger partial charge is 0.337 e. The van der Waals surface area contributed by atoms with Gasteiger partial charge in [0, 0.05) is 5.92 Å². The van der Waals surface area contributed by atoms with Gasteiger partial charge in [0.2, 0.25) is 17.3 Å². The van der Waals surface area contributed by atoms with E-state index in [0.29, 0.717) is 18.5 Å². The third kappa shape index (κ3) is 3.98. The van der Waals surface area contributed by atoms with Crippen molar-refractivity contribution in [3.05, 3.63) is 5.82 Å². The van der Waals surface area contributed by atoms with E-state index in [9.17, 15) is 9.59 Å². The predicted molar refractivity (Wildman–Crippen MR) is 105 cm³/mol. The van der Waals surface area contributed by atoms with E-state index in [2.05, 4.69) is 20.2 Å². The van der Waals surface area contributed by atoms with Crippen LogP contribution in [0.25, 0.3) is 11.3 Å². The SMILES string of the molecule is CCCCC(CCCC)(C(N)=O)n1c(C(=O)C(C)C)nc2nnc(OC)nc21. The van der Waals surface area contributed by atoms with Gasteiger partial charge in [0.25, 0.3) is 0 Å². The Morgan fingerprint density at radius 1 is 1.11 bits per heavy atom. The summed E-state index contributed by atoms with van der Waals surface area (Å²) in [5.74, 6) is -0.860. The molecule has 9 heteroatoms. The highest BCUT2D eigenvalue weighted by Crippen LogP contribution is 2.35. The number of imidazole rings is 1. The first kappa shape index (κ1) is 21.7. The zero-order valence-corrected chi connectivity index (χ0v) is 17.4. The predicted octanol–water partition coefficient (Wildman–Crippen LogP) is 2.63. The molecule has 1 amide bonds. The standard InChI is InChI=1S/C19H30N6O3/c1-6-8-10-19(17(20)27,11-9-7-2)25-15(13(26)12(3)4)21-14-16(25)22-18(28-5)24-23-14/h12H,6-11H2,1-5H3,(H2,20,27). The number of hydrogen-bond acceptors (Lipinski definition) is 7. The number of amides is 1. The molecule has 0 spiro atoms. The second-order valence-electron chi connectivity index (χ2n) is 7.34. The minimum absolute atomic E-state index is 0.0431. The molecule has 0 fully saturated rings. The first-order valence-electron chi connectivity index (χ1n) is 9.84. The van der Waals surface area contributed by atoms with Crippen molar-refractivity contribution in [3.63, 3.8) is 0 Å². The number of primary amides is 1. The molecule has 0 saturated heterocycles. The van der Waals surface area contributed by atoms with Crippen LogP contribution in [0.3, 0.4) is 0 Å². The summed E-state index contributed by atoms with van der Waals surface area (Å²) in [6.07, 6.45) is 4.31. The summed E-state index contributed by atoms with van der Waals surface area (Å²) in [5.41, 5.74) is 5.34. The Balaban J connectivity index is 2.87. The van der Waals surface area contributed by atoms with Crippen LogP contribution in [0.1, 0.15) is 76.8 Å². The van der Waals surface area contributed by atoms with E-state index in [0.717, 1.165) is 25.7 Å². The Morgan fingerprint density at radius 3 is 2.18 bits per heavy atom. The lowest BCUT2D eigenvalue weighted by molar-refractivity contribution is -0.127. The van der Waals surface area contributed by atoms with Crippen LogP contribution in [0.5, 0.6) is 6.01 Å². The van der Waals surface area contributed by atoms with Gasteiger partial charge in [-0.1, -0.05) is 58.5 Å². The van der Waals surface area contributed by atoms with Crippen LogP contribution in [-0.2, 0) is 10.3 Å². The second kappa shape index (κ2) is 9.07. The quantitative estimate of drug-likeness (QED) is 0.584. The fraction of sp³-hybridized carbons (Fsp3) is 0.684. The minimum atomic E-state index is -1.11. The maximum Gasteiger partial charge on any atom is 0.337 e. The molecule has 0 bridgehead atoms. The van der Waals surface area contributed by atoms with E-state index < -0.39 is 11.4 Å². The van der Waals surface area contributed by atoms with E-state index in [1.807, 2.05) is 13.8 Å². The van der Waals surface area contributed by atoms with Crippen molar-refractivity contribution >= 4 is 23.0 Å². The molecule has 2 heterocycles. The van der Waals surface area contributed by atoms with Gasteiger partial charge in [-0.2, -0.15) is 4.98 Å².